The molecule has 0 aromatic heterocycles. The number of hydrogen-bond acceptors (Lipinski definition) is 5. The Morgan fingerprint density at radius 2 is 1.61 bits per heavy atom. The molecule has 180 valence electrons. The van der Waals surface area contributed by atoms with Gasteiger partial charge in [-0.2, -0.15) is 13.2 Å². The summed E-state index contributed by atoms with van der Waals surface area (Å²) in [5.41, 5.74) is 6.57. The van der Waals surface area contributed by atoms with E-state index in [1.165, 1.54) is 12.1 Å². The van der Waals surface area contributed by atoms with E-state index in [1.54, 1.807) is 12.1 Å². The SMILES string of the molecule is C.NCCCC[C@H](NC(=O)Cc1ccccc1)C(=O)Nc1ccc(OC(=O)C(F)(F)F)cc1. The molecular formula is C23H28F3N3O4. The zero-order chi connectivity index (χ0) is 23.6. The summed E-state index contributed by atoms with van der Waals surface area (Å²) in [6, 6.07) is 13.1. The first-order valence-electron chi connectivity index (χ1n) is 9.92. The molecular weight excluding hydrogens is 439 g/mol. The molecule has 0 saturated heterocycles. The lowest BCUT2D eigenvalue weighted by atomic mass is 10.1. The van der Waals surface area contributed by atoms with E-state index >= 15 is 0 Å². The van der Waals surface area contributed by atoms with Gasteiger partial charge in [0.05, 0.1) is 6.42 Å². The lowest BCUT2D eigenvalue weighted by molar-refractivity contribution is -0.189. The number of nitrogens with one attached hydrogen (secondary N) is 2. The van der Waals surface area contributed by atoms with E-state index in [1.807, 2.05) is 18.2 Å². The molecule has 10 heteroatoms. The number of unbranched alkanes of at least 4 members (excludes halogenated alkanes) is 1. The Kier molecular flexibility index (Phi) is 11.1. The van der Waals surface area contributed by atoms with Crippen LogP contribution in [0.5, 0.6) is 5.75 Å². The van der Waals surface area contributed by atoms with Gasteiger partial charge in [0.15, 0.2) is 0 Å². The number of rotatable bonds is 10. The van der Waals surface area contributed by atoms with E-state index < -0.39 is 24.1 Å². The van der Waals surface area contributed by atoms with Gasteiger partial charge in [0.2, 0.25) is 11.8 Å². The number of benzene rings is 2. The minimum absolute atomic E-state index is 0. The van der Waals surface area contributed by atoms with Crippen molar-refractivity contribution in [3.8, 4) is 5.75 Å². The average Bonchev–Trinajstić information content (AvgIpc) is 2.74. The highest BCUT2D eigenvalue weighted by atomic mass is 19.4. The van der Waals surface area contributed by atoms with Crippen LogP contribution in [-0.4, -0.2) is 36.5 Å². The summed E-state index contributed by atoms with van der Waals surface area (Å²) in [4.78, 5) is 36.0. The number of carbonyl (C=O) groups is 3. The van der Waals surface area contributed by atoms with Crippen molar-refractivity contribution in [2.24, 2.45) is 5.73 Å². The third kappa shape index (κ3) is 9.73. The van der Waals surface area contributed by atoms with Crippen molar-refractivity contribution in [2.45, 2.75) is 45.3 Å². The molecule has 0 unspecified atom stereocenters. The zero-order valence-corrected chi connectivity index (χ0v) is 17.2. The standard InChI is InChI=1S/C22H24F3N3O4.CH4/c23-22(24,25)21(31)32-17-11-9-16(10-12-17)27-20(30)18(8-4-5-13-26)28-19(29)14-15-6-2-1-3-7-15;/h1-3,6-7,9-12,18H,4-5,8,13-14,26H2,(H,27,30)(H,28,29);1H4/t18-;/m0./s1. The number of nitrogens with two attached hydrogens (primary N) is 1. The van der Waals surface area contributed by atoms with Crippen molar-refractivity contribution in [3.63, 3.8) is 0 Å². The Morgan fingerprint density at radius 3 is 2.18 bits per heavy atom. The van der Waals surface area contributed by atoms with E-state index in [0.29, 0.717) is 25.8 Å². The van der Waals surface area contributed by atoms with E-state index in [-0.39, 0.29) is 31.2 Å². The fourth-order valence-corrected chi connectivity index (χ4v) is 2.79. The molecule has 1 atom stereocenters. The lowest BCUT2D eigenvalue weighted by Crippen LogP contribution is -2.44. The maximum Gasteiger partial charge on any atom is 0.491 e. The van der Waals surface area contributed by atoms with E-state index in [4.69, 9.17) is 5.73 Å². The molecule has 0 aliphatic carbocycles. The molecule has 4 N–H and O–H groups in total. The number of halogens is 3. The summed E-state index contributed by atoms with van der Waals surface area (Å²) in [7, 11) is 0. The first-order chi connectivity index (χ1) is 15.2. The Hall–Kier alpha value is -3.40. The maximum atomic E-state index is 12.7. The van der Waals surface area contributed by atoms with Crippen molar-refractivity contribution >= 4 is 23.5 Å². The third-order valence-corrected chi connectivity index (χ3v) is 4.37. The van der Waals surface area contributed by atoms with Crippen molar-refractivity contribution in [2.75, 3.05) is 11.9 Å². The van der Waals surface area contributed by atoms with Crippen LogP contribution in [0.25, 0.3) is 0 Å². The molecule has 0 radical (unpaired) electrons. The van der Waals surface area contributed by atoms with E-state index in [2.05, 4.69) is 15.4 Å². The molecule has 7 nitrogen and oxygen atoms in total. The van der Waals surface area contributed by atoms with Gasteiger partial charge in [0, 0.05) is 5.69 Å². The van der Waals surface area contributed by atoms with Crippen molar-refractivity contribution in [1.29, 1.82) is 0 Å². The Morgan fingerprint density at radius 1 is 0.970 bits per heavy atom. The highest BCUT2D eigenvalue weighted by molar-refractivity contribution is 5.97. The number of carbonyl (C=O) groups excluding carboxylic acids is 3. The lowest BCUT2D eigenvalue weighted by Gasteiger charge is -2.19. The number of anilines is 1. The van der Waals surface area contributed by atoms with Crippen molar-refractivity contribution in [3.05, 3.63) is 60.2 Å². The fourth-order valence-electron chi connectivity index (χ4n) is 2.79. The minimum Gasteiger partial charge on any atom is -0.420 e. The number of hydrogen-bond donors (Lipinski definition) is 3. The van der Waals surface area contributed by atoms with Crippen LogP contribution < -0.4 is 21.1 Å². The smallest absolute Gasteiger partial charge is 0.420 e. The summed E-state index contributed by atoms with van der Waals surface area (Å²) < 4.78 is 41.0. The Bertz CT molecular complexity index is 903. The van der Waals surface area contributed by atoms with Gasteiger partial charge >= 0.3 is 12.1 Å². The van der Waals surface area contributed by atoms with Crippen LogP contribution in [0.1, 0.15) is 32.3 Å². The molecule has 0 aliphatic rings. The van der Waals surface area contributed by atoms with Gasteiger partial charge < -0.3 is 21.1 Å². The molecule has 0 saturated carbocycles. The average molecular weight is 467 g/mol. The normalized spacial score (nSPS) is 11.6. The Balaban J connectivity index is 0.00000544. The second kappa shape index (κ2) is 13.2. The molecule has 0 bridgehead atoms. The van der Waals surface area contributed by atoms with E-state index in [0.717, 1.165) is 17.7 Å². The summed E-state index contributed by atoms with van der Waals surface area (Å²) in [5, 5.41) is 5.31. The quantitative estimate of drug-likeness (QED) is 0.281. The topological polar surface area (TPSA) is 111 Å². The van der Waals surface area contributed by atoms with Crippen molar-refractivity contribution in [1.82, 2.24) is 5.32 Å². The van der Waals surface area contributed by atoms with Crippen molar-refractivity contribution < 1.29 is 32.3 Å². The number of ether oxygens (including phenoxy) is 1. The second-order valence-electron chi connectivity index (χ2n) is 6.97. The molecule has 33 heavy (non-hydrogen) atoms. The summed E-state index contributed by atoms with van der Waals surface area (Å²) in [6.07, 6.45) is -3.34. The van der Waals surface area contributed by atoms with Crippen LogP contribution in [0.3, 0.4) is 0 Å². The number of amides is 2. The van der Waals surface area contributed by atoms with Gasteiger partial charge in [-0.05, 0) is 55.6 Å². The highest BCUT2D eigenvalue weighted by Gasteiger charge is 2.41. The minimum atomic E-state index is -5.11. The first kappa shape index (κ1) is 27.6. The van der Waals surface area contributed by atoms with Crippen LogP contribution in [0.4, 0.5) is 18.9 Å². The second-order valence-corrected chi connectivity index (χ2v) is 6.97. The monoisotopic (exact) mass is 467 g/mol. The molecule has 0 heterocycles. The van der Waals surface area contributed by atoms with Gasteiger partial charge in [-0.1, -0.05) is 37.8 Å². The van der Waals surface area contributed by atoms with Gasteiger partial charge in [-0.15, -0.1) is 0 Å². The van der Waals surface area contributed by atoms with Gasteiger partial charge in [0.1, 0.15) is 11.8 Å². The van der Waals surface area contributed by atoms with Crippen LogP contribution >= 0.6 is 0 Å². The summed E-state index contributed by atoms with van der Waals surface area (Å²) in [5.74, 6) is -3.46. The maximum absolute atomic E-state index is 12.7. The fraction of sp³-hybridized carbons (Fsp3) is 0.348. The summed E-state index contributed by atoms with van der Waals surface area (Å²) >= 11 is 0. The predicted octanol–water partition coefficient (Wildman–Crippen LogP) is 3.59. The van der Waals surface area contributed by atoms with Crippen LogP contribution in [0, 0.1) is 0 Å². The van der Waals surface area contributed by atoms with Gasteiger partial charge in [-0.25, -0.2) is 4.79 Å². The first-order valence-corrected chi connectivity index (χ1v) is 9.92. The van der Waals surface area contributed by atoms with Gasteiger partial charge in [-0.3, -0.25) is 9.59 Å². The molecule has 0 fully saturated rings. The largest absolute Gasteiger partial charge is 0.491 e. The van der Waals surface area contributed by atoms with Crippen LogP contribution in [0.15, 0.2) is 54.6 Å². The molecule has 2 aromatic rings. The number of esters is 1. The summed E-state index contributed by atoms with van der Waals surface area (Å²) in [6.45, 7) is 0.449. The molecule has 2 amide bonds. The molecule has 2 rings (SSSR count). The highest BCUT2D eigenvalue weighted by Crippen LogP contribution is 2.21. The Labute approximate surface area is 190 Å². The van der Waals surface area contributed by atoms with Crippen LogP contribution in [-0.2, 0) is 20.8 Å². The molecule has 0 spiro atoms. The predicted molar refractivity (Wildman–Crippen MR) is 118 cm³/mol. The van der Waals surface area contributed by atoms with E-state index in [9.17, 15) is 27.6 Å². The van der Waals surface area contributed by atoms with Crippen LogP contribution in [0.2, 0.25) is 0 Å². The van der Waals surface area contributed by atoms with Gasteiger partial charge in [0.25, 0.3) is 0 Å². The zero-order valence-electron chi connectivity index (χ0n) is 17.2. The number of alkyl halides is 3. The molecule has 0 aliphatic heterocycles. The third-order valence-electron chi connectivity index (χ3n) is 4.37. The molecule has 2 aromatic carbocycles.